The van der Waals surface area contributed by atoms with Crippen molar-refractivity contribution in [2.75, 3.05) is 24.6 Å². The maximum atomic E-state index is 14.4. The van der Waals surface area contributed by atoms with Crippen LogP contribution < -0.4 is 15.8 Å². The van der Waals surface area contributed by atoms with Crippen LogP contribution in [0.4, 0.5) is 14.9 Å². The first-order valence-corrected chi connectivity index (χ1v) is 9.00. The van der Waals surface area contributed by atoms with Crippen molar-refractivity contribution in [2.24, 2.45) is 0 Å². The van der Waals surface area contributed by atoms with E-state index in [0.29, 0.717) is 0 Å². The zero-order valence-corrected chi connectivity index (χ0v) is 14.8. The van der Waals surface area contributed by atoms with Crippen LogP contribution in [0.25, 0.3) is 0 Å². The van der Waals surface area contributed by atoms with Crippen molar-refractivity contribution >= 4 is 11.8 Å². The van der Waals surface area contributed by atoms with Crippen molar-refractivity contribution in [1.29, 1.82) is 5.26 Å². The fourth-order valence-corrected chi connectivity index (χ4v) is 3.53. The molecule has 9 nitrogen and oxygen atoms in total. The molecule has 0 spiro atoms. The highest BCUT2D eigenvalue weighted by Crippen LogP contribution is 2.25. The Morgan fingerprint density at radius 3 is 2.85 bits per heavy atom. The first kappa shape index (κ1) is 19.1. The quantitative estimate of drug-likeness (QED) is 0.755. The second-order valence-corrected chi connectivity index (χ2v) is 6.76. The number of nitrogens with one attached hydrogen (secondary N) is 1. The third-order valence-electron chi connectivity index (χ3n) is 4.92. The van der Waals surface area contributed by atoms with Crippen LogP contribution in [0.5, 0.6) is 0 Å². The minimum absolute atomic E-state index is 0.0269. The van der Waals surface area contributed by atoms with Gasteiger partial charge in [0.25, 0.3) is 5.56 Å². The molecule has 1 aromatic heterocycles. The summed E-state index contributed by atoms with van der Waals surface area (Å²) in [7, 11) is 0. The number of hydrogen-bond donors (Lipinski definition) is 2. The molecule has 146 valence electrons. The average molecular weight is 379 g/mol. The SMILES string of the molecule is N#Cc1c(N2CC(F)C(OC(=O)NC3CCCC3)C2)cnn(CCO)c1=O. The summed E-state index contributed by atoms with van der Waals surface area (Å²) in [5, 5.41) is 24.9. The molecular formula is C17H22FN5O4. The van der Waals surface area contributed by atoms with Gasteiger partial charge in [0.1, 0.15) is 11.6 Å². The van der Waals surface area contributed by atoms with E-state index in [9.17, 15) is 19.2 Å². The van der Waals surface area contributed by atoms with Crippen molar-refractivity contribution in [3.8, 4) is 6.07 Å². The summed E-state index contributed by atoms with van der Waals surface area (Å²) in [6, 6.07) is 1.89. The van der Waals surface area contributed by atoms with E-state index in [1.165, 1.54) is 11.1 Å². The molecule has 3 rings (SSSR count). The lowest BCUT2D eigenvalue weighted by Gasteiger charge is -2.20. The van der Waals surface area contributed by atoms with Crippen molar-refractivity contribution < 1.29 is 19.0 Å². The number of ether oxygens (including phenoxy) is 1. The Hall–Kier alpha value is -2.67. The molecule has 2 N–H and O–H groups in total. The first-order valence-electron chi connectivity index (χ1n) is 9.00. The first-order chi connectivity index (χ1) is 13.0. The van der Waals surface area contributed by atoms with Crippen LogP contribution in [-0.2, 0) is 11.3 Å². The smallest absolute Gasteiger partial charge is 0.407 e. The van der Waals surface area contributed by atoms with Gasteiger partial charge in [0.2, 0.25) is 0 Å². The van der Waals surface area contributed by atoms with Gasteiger partial charge in [-0.25, -0.2) is 13.9 Å². The monoisotopic (exact) mass is 379 g/mol. The number of amides is 1. The fraction of sp³-hybridized carbons (Fsp3) is 0.647. The molecule has 1 saturated heterocycles. The number of anilines is 1. The maximum absolute atomic E-state index is 14.4. The number of rotatable bonds is 5. The second-order valence-electron chi connectivity index (χ2n) is 6.76. The number of carbonyl (C=O) groups is 1. The second kappa shape index (κ2) is 8.35. The summed E-state index contributed by atoms with van der Waals surface area (Å²) in [6.07, 6.45) is 2.12. The van der Waals surface area contributed by atoms with Gasteiger partial charge in [-0.2, -0.15) is 10.4 Å². The molecule has 0 bridgehead atoms. The van der Waals surface area contributed by atoms with Gasteiger partial charge in [-0.15, -0.1) is 0 Å². The average Bonchev–Trinajstić information content (AvgIpc) is 3.27. The lowest BCUT2D eigenvalue weighted by atomic mass is 10.2. The van der Waals surface area contributed by atoms with Crippen LogP contribution in [0.15, 0.2) is 11.0 Å². The van der Waals surface area contributed by atoms with Crippen molar-refractivity contribution in [3.63, 3.8) is 0 Å². The van der Waals surface area contributed by atoms with Gasteiger partial charge in [0.15, 0.2) is 12.3 Å². The normalized spacial score (nSPS) is 22.6. The minimum Gasteiger partial charge on any atom is -0.441 e. The Morgan fingerprint density at radius 2 is 2.19 bits per heavy atom. The molecule has 1 amide bonds. The van der Waals surface area contributed by atoms with E-state index in [1.807, 2.05) is 6.07 Å². The largest absolute Gasteiger partial charge is 0.441 e. The molecular weight excluding hydrogens is 357 g/mol. The number of alkyl carbamates (subject to hydrolysis) is 1. The number of aliphatic hydroxyl groups excluding tert-OH is 1. The molecule has 2 atom stereocenters. The molecule has 2 aliphatic rings. The van der Waals surface area contributed by atoms with Gasteiger partial charge >= 0.3 is 6.09 Å². The maximum Gasteiger partial charge on any atom is 0.407 e. The van der Waals surface area contributed by atoms with Gasteiger partial charge < -0.3 is 20.1 Å². The predicted octanol–water partition coefficient (Wildman–Crippen LogP) is 0.303. The zero-order valence-electron chi connectivity index (χ0n) is 14.8. The van der Waals surface area contributed by atoms with E-state index < -0.39 is 23.9 Å². The van der Waals surface area contributed by atoms with Crippen LogP contribution >= 0.6 is 0 Å². The Labute approximate surface area is 155 Å². The highest BCUT2D eigenvalue weighted by Gasteiger charge is 2.37. The molecule has 1 saturated carbocycles. The highest BCUT2D eigenvalue weighted by atomic mass is 19.1. The Bertz CT molecular complexity index is 787. The Morgan fingerprint density at radius 1 is 1.44 bits per heavy atom. The summed E-state index contributed by atoms with van der Waals surface area (Å²) in [4.78, 5) is 25.7. The van der Waals surface area contributed by atoms with Gasteiger partial charge in [-0.05, 0) is 12.8 Å². The van der Waals surface area contributed by atoms with Gasteiger partial charge in [0.05, 0.1) is 38.1 Å². The topological polar surface area (TPSA) is 120 Å². The number of nitriles is 1. The number of aromatic nitrogens is 2. The number of carbonyl (C=O) groups excluding carboxylic acids is 1. The number of aliphatic hydroxyl groups is 1. The lowest BCUT2D eigenvalue weighted by molar-refractivity contribution is 0.0682. The number of halogens is 1. The molecule has 0 radical (unpaired) electrons. The molecule has 2 unspecified atom stereocenters. The molecule has 1 aliphatic heterocycles. The molecule has 27 heavy (non-hydrogen) atoms. The molecule has 10 heteroatoms. The third kappa shape index (κ3) is 4.19. The van der Waals surface area contributed by atoms with E-state index in [-0.39, 0.29) is 43.5 Å². The van der Waals surface area contributed by atoms with Gasteiger partial charge in [0, 0.05) is 6.04 Å². The zero-order chi connectivity index (χ0) is 19.4. The highest BCUT2D eigenvalue weighted by molar-refractivity contribution is 5.68. The molecule has 2 fully saturated rings. The van der Waals surface area contributed by atoms with Gasteiger partial charge in [-0.1, -0.05) is 12.8 Å². The van der Waals surface area contributed by atoms with Crippen molar-refractivity contribution in [3.05, 3.63) is 22.1 Å². The van der Waals surface area contributed by atoms with E-state index >= 15 is 0 Å². The molecule has 1 aliphatic carbocycles. The van der Waals surface area contributed by atoms with E-state index in [2.05, 4.69) is 10.4 Å². The summed E-state index contributed by atoms with van der Waals surface area (Å²) in [5.74, 6) is 0. The molecule has 1 aromatic rings. The standard InChI is InChI=1S/C17H22FN5O4/c18-13-9-22(10-15(13)27-17(26)21-11-3-1-2-4-11)14-8-20-23(5-6-24)16(25)12(14)7-19/h8,11,13,15,24H,1-6,9-10H2,(H,21,26). The van der Waals surface area contributed by atoms with Crippen LogP contribution in [0.1, 0.15) is 31.2 Å². The number of alkyl halides is 1. The van der Waals surface area contributed by atoms with E-state index in [1.54, 1.807) is 0 Å². The van der Waals surface area contributed by atoms with Crippen LogP contribution in [0.2, 0.25) is 0 Å². The predicted molar refractivity (Wildman–Crippen MR) is 93.1 cm³/mol. The summed E-state index contributed by atoms with van der Waals surface area (Å²) in [6.45, 7) is -0.410. The molecule has 2 heterocycles. The van der Waals surface area contributed by atoms with Crippen LogP contribution in [0, 0.1) is 11.3 Å². The summed E-state index contributed by atoms with van der Waals surface area (Å²) >= 11 is 0. The minimum atomic E-state index is -1.44. The number of hydrogen-bond acceptors (Lipinski definition) is 7. The lowest BCUT2D eigenvalue weighted by Crippen LogP contribution is -2.38. The van der Waals surface area contributed by atoms with E-state index in [0.717, 1.165) is 30.4 Å². The number of nitrogens with zero attached hydrogens (tertiary/aromatic N) is 4. The summed E-state index contributed by atoms with van der Waals surface area (Å²) in [5.41, 5.74) is -0.633. The Kier molecular flexibility index (Phi) is 5.91. The fourth-order valence-electron chi connectivity index (χ4n) is 3.53. The third-order valence-corrected chi connectivity index (χ3v) is 4.92. The van der Waals surface area contributed by atoms with E-state index in [4.69, 9.17) is 9.84 Å². The van der Waals surface area contributed by atoms with Crippen LogP contribution in [-0.4, -0.2) is 59.0 Å². The Balaban J connectivity index is 1.69. The van der Waals surface area contributed by atoms with Crippen LogP contribution in [0.3, 0.4) is 0 Å². The van der Waals surface area contributed by atoms with Crippen molar-refractivity contribution in [1.82, 2.24) is 15.1 Å². The molecule has 0 aromatic carbocycles. The summed E-state index contributed by atoms with van der Waals surface area (Å²) < 4.78 is 20.6. The van der Waals surface area contributed by atoms with Crippen molar-refractivity contribution in [2.45, 2.75) is 50.5 Å². The van der Waals surface area contributed by atoms with Gasteiger partial charge in [-0.3, -0.25) is 4.79 Å².